The molecule has 0 spiro atoms. The topological polar surface area (TPSA) is 83.2 Å². The van der Waals surface area contributed by atoms with E-state index in [1.807, 2.05) is 62.0 Å². The van der Waals surface area contributed by atoms with Crippen LogP contribution in [0.5, 0.6) is 0 Å². The third kappa shape index (κ3) is 2.96. The predicted molar refractivity (Wildman–Crippen MR) is 87.8 cm³/mol. The zero-order valence-corrected chi connectivity index (χ0v) is 13.0. The Morgan fingerprint density at radius 3 is 2.10 bits per heavy atom. The number of benzene rings is 1. The van der Waals surface area contributed by atoms with Gasteiger partial charge in [0.1, 0.15) is 5.66 Å². The van der Waals surface area contributed by atoms with Crippen molar-refractivity contribution in [2.45, 2.75) is 19.5 Å². The van der Waals surface area contributed by atoms with E-state index in [1.165, 1.54) is 0 Å². The maximum atomic E-state index is 5.98. The summed E-state index contributed by atoms with van der Waals surface area (Å²) >= 11 is 0. The van der Waals surface area contributed by atoms with E-state index >= 15 is 0 Å². The van der Waals surface area contributed by atoms with Gasteiger partial charge in [0.2, 0.25) is 11.9 Å². The fraction of sp³-hybridized carbons (Fsp3) is 0.385. The minimum atomic E-state index is -0.546. The SMILES string of the molecule is CN(C)c1ccc(N2C(N)=NC(N)=NC2(C)C)cc1.Cl. The number of rotatable bonds is 2. The maximum absolute atomic E-state index is 5.98. The van der Waals surface area contributed by atoms with Gasteiger partial charge in [0, 0.05) is 25.5 Å². The molecule has 0 bridgehead atoms. The van der Waals surface area contributed by atoms with Crippen LogP contribution in [0.25, 0.3) is 0 Å². The van der Waals surface area contributed by atoms with E-state index in [0.717, 1.165) is 11.4 Å². The molecule has 0 unspecified atom stereocenters. The molecule has 20 heavy (non-hydrogen) atoms. The van der Waals surface area contributed by atoms with Gasteiger partial charge < -0.3 is 16.4 Å². The predicted octanol–water partition coefficient (Wildman–Crippen LogP) is 1.36. The van der Waals surface area contributed by atoms with E-state index in [1.54, 1.807) is 0 Å². The quantitative estimate of drug-likeness (QED) is 0.863. The minimum Gasteiger partial charge on any atom is -0.378 e. The van der Waals surface area contributed by atoms with Crippen LogP contribution in [0.15, 0.2) is 34.3 Å². The zero-order chi connectivity index (χ0) is 14.2. The Bertz CT molecular complexity index is 532. The lowest BCUT2D eigenvalue weighted by atomic mass is 10.1. The van der Waals surface area contributed by atoms with Crippen LogP contribution >= 0.6 is 12.4 Å². The summed E-state index contributed by atoms with van der Waals surface area (Å²) < 4.78 is 0. The van der Waals surface area contributed by atoms with E-state index in [2.05, 4.69) is 9.98 Å². The number of halogens is 1. The molecule has 1 aliphatic rings. The van der Waals surface area contributed by atoms with Gasteiger partial charge in [0.25, 0.3) is 0 Å². The van der Waals surface area contributed by atoms with Crippen LogP contribution in [0.3, 0.4) is 0 Å². The number of nitrogens with zero attached hydrogens (tertiary/aromatic N) is 4. The zero-order valence-electron chi connectivity index (χ0n) is 12.2. The molecule has 2 rings (SSSR count). The second kappa shape index (κ2) is 5.58. The molecule has 0 saturated carbocycles. The van der Waals surface area contributed by atoms with Crippen molar-refractivity contribution in [3.63, 3.8) is 0 Å². The monoisotopic (exact) mass is 296 g/mol. The average molecular weight is 297 g/mol. The van der Waals surface area contributed by atoms with E-state index in [4.69, 9.17) is 11.5 Å². The summed E-state index contributed by atoms with van der Waals surface area (Å²) in [5.74, 6) is 0.568. The second-order valence-electron chi connectivity index (χ2n) is 5.18. The van der Waals surface area contributed by atoms with Crippen LogP contribution in [0, 0.1) is 0 Å². The van der Waals surface area contributed by atoms with Crippen LogP contribution in [0.2, 0.25) is 0 Å². The van der Waals surface area contributed by atoms with Gasteiger partial charge in [-0.25, -0.2) is 4.99 Å². The highest BCUT2D eigenvalue weighted by atomic mass is 35.5. The maximum Gasteiger partial charge on any atom is 0.220 e. The Morgan fingerprint density at radius 2 is 1.65 bits per heavy atom. The number of nitrogens with two attached hydrogens (primary N) is 2. The van der Waals surface area contributed by atoms with Crippen molar-refractivity contribution >= 4 is 35.7 Å². The highest BCUT2D eigenvalue weighted by molar-refractivity contribution is 6.05. The fourth-order valence-corrected chi connectivity index (χ4v) is 2.15. The van der Waals surface area contributed by atoms with Crippen LogP contribution in [-0.4, -0.2) is 31.7 Å². The first-order valence-electron chi connectivity index (χ1n) is 6.08. The number of guanidine groups is 2. The molecule has 0 aliphatic carbocycles. The molecule has 0 radical (unpaired) electrons. The van der Waals surface area contributed by atoms with Gasteiger partial charge in [-0.05, 0) is 38.1 Å². The Labute approximate surface area is 125 Å². The molecule has 1 aromatic rings. The molecular formula is C13H21ClN6. The molecule has 0 aromatic heterocycles. The summed E-state index contributed by atoms with van der Waals surface area (Å²) in [6.45, 7) is 3.89. The molecule has 0 saturated heterocycles. The van der Waals surface area contributed by atoms with Crippen molar-refractivity contribution in [1.82, 2.24) is 0 Å². The highest BCUT2D eigenvalue weighted by Gasteiger charge is 2.32. The molecule has 1 aromatic carbocycles. The van der Waals surface area contributed by atoms with E-state index < -0.39 is 5.66 Å². The lowest BCUT2D eigenvalue weighted by molar-refractivity contribution is 0.534. The summed E-state index contributed by atoms with van der Waals surface area (Å²) in [6, 6.07) is 8.05. The Hall–Kier alpha value is -1.95. The number of anilines is 2. The first-order chi connectivity index (χ1) is 8.81. The molecule has 4 N–H and O–H groups in total. The Balaban J connectivity index is 0.00000200. The third-order valence-electron chi connectivity index (χ3n) is 3.02. The largest absolute Gasteiger partial charge is 0.378 e. The van der Waals surface area contributed by atoms with Crippen LogP contribution < -0.4 is 21.3 Å². The number of hydrogen-bond acceptors (Lipinski definition) is 6. The highest BCUT2D eigenvalue weighted by Crippen LogP contribution is 2.28. The smallest absolute Gasteiger partial charge is 0.220 e. The first-order valence-corrected chi connectivity index (χ1v) is 6.08. The van der Waals surface area contributed by atoms with E-state index in [9.17, 15) is 0 Å². The summed E-state index contributed by atoms with van der Waals surface area (Å²) in [4.78, 5) is 12.3. The van der Waals surface area contributed by atoms with Gasteiger partial charge >= 0.3 is 0 Å². The lowest BCUT2D eigenvalue weighted by Gasteiger charge is -2.38. The molecule has 7 heteroatoms. The van der Waals surface area contributed by atoms with Gasteiger partial charge in [-0.3, -0.25) is 4.90 Å². The molecule has 0 fully saturated rings. The van der Waals surface area contributed by atoms with E-state index in [-0.39, 0.29) is 18.4 Å². The second-order valence-corrected chi connectivity index (χ2v) is 5.18. The molecule has 6 nitrogen and oxygen atoms in total. The van der Waals surface area contributed by atoms with Crippen molar-refractivity contribution in [3.05, 3.63) is 24.3 Å². The standard InChI is InChI=1S/C13H20N6.ClH/c1-13(2)17-11(14)16-12(15)19(13)10-7-5-9(6-8-10)18(3)4;/h5-8H,1-4H3,(H4,14,15,16,17);1H. The normalized spacial score (nSPS) is 16.9. The van der Waals surface area contributed by atoms with Crippen LogP contribution in [0.1, 0.15) is 13.8 Å². The summed E-state index contributed by atoms with van der Waals surface area (Å²) in [5, 5.41) is 0. The van der Waals surface area contributed by atoms with Crippen LogP contribution in [-0.2, 0) is 0 Å². The van der Waals surface area contributed by atoms with Gasteiger partial charge in [-0.1, -0.05) is 0 Å². The number of hydrogen-bond donors (Lipinski definition) is 2. The van der Waals surface area contributed by atoms with Crippen molar-refractivity contribution in [1.29, 1.82) is 0 Å². The fourth-order valence-electron chi connectivity index (χ4n) is 2.15. The summed E-state index contributed by atoms with van der Waals surface area (Å²) in [6.07, 6.45) is 0. The Morgan fingerprint density at radius 1 is 1.10 bits per heavy atom. The van der Waals surface area contributed by atoms with Crippen molar-refractivity contribution < 1.29 is 0 Å². The van der Waals surface area contributed by atoms with Gasteiger partial charge in [-0.2, -0.15) is 4.99 Å². The first kappa shape index (κ1) is 16.1. The molecule has 110 valence electrons. The lowest BCUT2D eigenvalue weighted by Crippen LogP contribution is -2.54. The van der Waals surface area contributed by atoms with E-state index in [0.29, 0.717) is 5.96 Å². The summed E-state index contributed by atoms with van der Waals surface area (Å²) in [7, 11) is 4.00. The minimum absolute atomic E-state index is 0. The van der Waals surface area contributed by atoms with Crippen molar-refractivity contribution in [2.24, 2.45) is 21.5 Å². The van der Waals surface area contributed by atoms with Gasteiger partial charge in [-0.15, -0.1) is 12.4 Å². The van der Waals surface area contributed by atoms with Crippen molar-refractivity contribution in [2.75, 3.05) is 23.9 Å². The van der Waals surface area contributed by atoms with Crippen molar-refractivity contribution in [3.8, 4) is 0 Å². The molecule has 1 heterocycles. The average Bonchev–Trinajstić information content (AvgIpc) is 2.26. The Kier molecular flexibility index (Phi) is 4.50. The summed E-state index contributed by atoms with van der Waals surface area (Å²) in [5.41, 5.74) is 13.1. The van der Waals surface area contributed by atoms with Gasteiger partial charge in [0.05, 0.1) is 0 Å². The molecule has 0 atom stereocenters. The molecule has 1 aliphatic heterocycles. The van der Waals surface area contributed by atoms with Crippen LogP contribution in [0.4, 0.5) is 11.4 Å². The third-order valence-corrected chi connectivity index (χ3v) is 3.02. The molecular weight excluding hydrogens is 276 g/mol. The molecule has 0 amide bonds. The number of aliphatic imine (C=N–C) groups is 2. The van der Waals surface area contributed by atoms with Gasteiger partial charge in [0.15, 0.2) is 0 Å².